The Hall–Kier alpha value is -3.61. The normalized spacial score (nSPS) is 16.2. The molecule has 1 aliphatic heterocycles. The minimum atomic E-state index is -4.10. The van der Waals surface area contributed by atoms with Crippen LogP contribution in [0.1, 0.15) is 28.8 Å². The summed E-state index contributed by atoms with van der Waals surface area (Å²) >= 11 is 0. The van der Waals surface area contributed by atoms with Gasteiger partial charge in [0.05, 0.1) is 17.6 Å². The van der Waals surface area contributed by atoms with Crippen molar-refractivity contribution in [1.82, 2.24) is 19.9 Å². The molecule has 2 heterocycles. The number of sulfonamides is 1. The lowest BCUT2D eigenvalue weighted by molar-refractivity contribution is -0.122. The lowest BCUT2D eigenvalue weighted by atomic mass is 9.98. The van der Waals surface area contributed by atoms with Gasteiger partial charge in [-0.3, -0.25) is 10.2 Å². The van der Waals surface area contributed by atoms with Crippen LogP contribution in [0.15, 0.2) is 59.6 Å². The molecule has 13 heteroatoms. The molecule has 2 aromatic carbocycles. The first-order valence-electron chi connectivity index (χ1n) is 12.3. The van der Waals surface area contributed by atoms with Gasteiger partial charge in [0.15, 0.2) is 5.96 Å². The molecule has 0 spiro atoms. The van der Waals surface area contributed by atoms with E-state index in [0.717, 1.165) is 29.3 Å². The number of piperidine rings is 1. The van der Waals surface area contributed by atoms with E-state index in [1.165, 1.54) is 31.4 Å². The summed E-state index contributed by atoms with van der Waals surface area (Å²) < 4.78 is 33.7. The van der Waals surface area contributed by atoms with Gasteiger partial charge < -0.3 is 25.7 Å². The SMILES string of the molecule is COC(=O)c1ccc(S(=O)(=O)N[C@H](Cc2c[nH]c3ccccc23)C(=O)NC[C@H]2CCCN(C(=N)N)C2)cc1.Cl. The number of benzene rings is 2. The number of hydrogen-bond acceptors (Lipinski definition) is 6. The highest BCUT2D eigenvalue weighted by Gasteiger charge is 2.28. The maximum absolute atomic E-state index is 13.4. The van der Waals surface area contributed by atoms with Crippen molar-refractivity contribution in [1.29, 1.82) is 5.41 Å². The second kappa shape index (κ2) is 13.0. The van der Waals surface area contributed by atoms with E-state index in [-0.39, 0.29) is 41.2 Å². The third kappa shape index (κ3) is 7.28. The Morgan fingerprint density at radius 3 is 2.62 bits per heavy atom. The van der Waals surface area contributed by atoms with Crippen LogP contribution in [0.25, 0.3) is 10.9 Å². The molecule has 0 aliphatic carbocycles. The Morgan fingerprint density at radius 2 is 1.92 bits per heavy atom. The van der Waals surface area contributed by atoms with Crippen LogP contribution in [-0.4, -0.2) is 68.9 Å². The molecule has 6 N–H and O–H groups in total. The second-order valence-electron chi connectivity index (χ2n) is 9.34. The van der Waals surface area contributed by atoms with Gasteiger partial charge in [0.2, 0.25) is 15.9 Å². The average Bonchev–Trinajstić information content (AvgIpc) is 3.33. The van der Waals surface area contributed by atoms with Crippen LogP contribution in [0.3, 0.4) is 0 Å². The lowest BCUT2D eigenvalue weighted by Gasteiger charge is -2.33. The number of ether oxygens (including phenoxy) is 1. The van der Waals surface area contributed by atoms with Crippen molar-refractivity contribution in [2.24, 2.45) is 11.7 Å². The molecule has 210 valence electrons. The van der Waals surface area contributed by atoms with Gasteiger partial charge in [-0.15, -0.1) is 12.4 Å². The first-order valence-corrected chi connectivity index (χ1v) is 13.8. The average molecular weight is 577 g/mol. The summed E-state index contributed by atoms with van der Waals surface area (Å²) in [5.41, 5.74) is 7.52. The molecule has 1 aliphatic rings. The molecule has 0 unspecified atom stereocenters. The van der Waals surface area contributed by atoms with Crippen molar-refractivity contribution in [2.45, 2.75) is 30.2 Å². The number of H-pyrrole nitrogens is 1. The Morgan fingerprint density at radius 1 is 1.21 bits per heavy atom. The van der Waals surface area contributed by atoms with Crippen molar-refractivity contribution < 1.29 is 22.7 Å². The zero-order valence-electron chi connectivity index (χ0n) is 21.5. The molecule has 0 saturated carbocycles. The molecule has 3 aromatic rings. The fourth-order valence-corrected chi connectivity index (χ4v) is 5.87. The minimum absolute atomic E-state index is 0. The number of hydrogen-bond donors (Lipinski definition) is 5. The van der Waals surface area contributed by atoms with Gasteiger partial charge in [0.25, 0.3) is 0 Å². The number of methoxy groups -OCH3 is 1. The summed E-state index contributed by atoms with van der Waals surface area (Å²) in [7, 11) is -2.86. The number of carbonyl (C=O) groups excluding carboxylic acids is 2. The third-order valence-electron chi connectivity index (χ3n) is 6.72. The van der Waals surface area contributed by atoms with Crippen LogP contribution >= 0.6 is 12.4 Å². The Kier molecular flexibility index (Phi) is 9.95. The molecule has 4 rings (SSSR count). The van der Waals surface area contributed by atoms with E-state index in [9.17, 15) is 18.0 Å². The highest BCUT2D eigenvalue weighted by molar-refractivity contribution is 7.89. The maximum Gasteiger partial charge on any atom is 0.337 e. The van der Waals surface area contributed by atoms with Gasteiger partial charge in [-0.2, -0.15) is 4.72 Å². The number of guanidine groups is 1. The first kappa shape index (κ1) is 29.9. The van der Waals surface area contributed by atoms with Crippen molar-refractivity contribution in [3.63, 3.8) is 0 Å². The topological polar surface area (TPSA) is 170 Å². The van der Waals surface area contributed by atoms with E-state index in [4.69, 9.17) is 11.1 Å². The summed E-state index contributed by atoms with van der Waals surface area (Å²) in [6.45, 7) is 1.60. The van der Waals surface area contributed by atoms with Crippen LogP contribution in [0.5, 0.6) is 0 Å². The van der Waals surface area contributed by atoms with E-state index in [0.29, 0.717) is 19.6 Å². The maximum atomic E-state index is 13.4. The van der Waals surface area contributed by atoms with E-state index < -0.39 is 27.9 Å². The largest absolute Gasteiger partial charge is 0.465 e. The van der Waals surface area contributed by atoms with Crippen molar-refractivity contribution in [2.75, 3.05) is 26.7 Å². The fourth-order valence-electron chi connectivity index (χ4n) is 4.67. The molecule has 2 atom stereocenters. The van der Waals surface area contributed by atoms with Gasteiger partial charge in [0.1, 0.15) is 6.04 Å². The monoisotopic (exact) mass is 576 g/mol. The highest BCUT2D eigenvalue weighted by atomic mass is 35.5. The number of amides is 1. The van der Waals surface area contributed by atoms with E-state index in [2.05, 4.69) is 19.8 Å². The molecule has 0 radical (unpaired) electrons. The lowest BCUT2D eigenvalue weighted by Crippen LogP contribution is -2.51. The number of para-hydroxylation sites is 1. The predicted molar refractivity (Wildman–Crippen MR) is 150 cm³/mol. The fraction of sp³-hybridized carbons (Fsp3) is 0.346. The number of halogens is 1. The molecule has 0 bridgehead atoms. The summed E-state index contributed by atoms with van der Waals surface area (Å²) in [6, 6.07) is 11.8. The minimum Gasteiger partial charge on any atom is -0.465 e. The van der Waals surface area contributed by atoms with E-state index in [1.54, 1.807) is 11.1 Å². The second-order valence-corrected chi connectivity index (χ2v) is 11.1. The predicted octanol–water partition coefficient (Wildman–Crippen LogP) is 1.99. The standard InChI is InChI=1S/C26H32N6O5S.ClH/c1-37-25(34)18-8-10-20(11-9-18)38(35,36)31-23(13-19-15-29-22-7-3-2-6-21(19)22)24(33)30-14-17-5-4-12-32(16-17)26(27)28;/h2-3,6-11,15,17,23,29,31H,4-5,12-14,16H2,1H3,(H3,27,28)(H,30,33);1H/t17-,23-;/m1./s1. The van der Waals surface area contributed by atoms with E-state index in [1.807, 2.05) is 24.3 Å². The Bertz CT molecular complexity index is 1430. The molecular weight excluding hydrogens is 544 g/mol. The zero-order valence-corrected chi connectivity index (χ0v) is 23.1. The summed E-state index contributed by atoms with van der Waals surface area (Å²) in [6.07, 6.45) is 3.62. The number of aromatic amines is 1. The molecular formula is C26H33ClN6O5S. The summed E-state index contributed by atoms with van der Waals surface area (Å²) in [5.74, 6) is -0.938. The van der Waals surface area contributed by atoms with E-state index >= 15 is 0 Å². The number of rotatable bonds is 9. The van der Waals surface area contributed by atoms with Gasteiger partial charge in [0, 0.05) is 36.7 Å². The number of nitrogens with two attached hydrogens (primary N) is 1. The smallest absolute Gasteiger partial charge is 0.337 e. The number of likely N-dealkylation sites (tertiary alicyclic amines) is 1. The number of fused-ring (bicyclic) bond motifs is 1. The van der Waals surface area contributed by atoms with Crippen molar-refractivity contribution >= 4 is 51.2 Å². The van der Waals surface area contributed by atoms with Crippen LogP contribution in [-0.2, 0) is 26.0 Å². The summed E-state index contributed by atoms with van der Waals surface area (Å²) in [4.78, 5) is 29.9. The third-order valence-corrected chi connectivity index (χ3v) is 8.21. The molecule has 1 aromatic heterocycles. The molecule has 1 saturated heterocycles. The number of aromatic nitrogens is 1. The highest BCUT2D eigenvalue weighted by Crippen LogP contribution is 2.21. The van der Waals surface area contributed by atoms with Gasteiger partial charge in [-0.25, -0.2) is 13.2 Å². The molecule has 39 heavy (non-hydrogen) atoms. The molecule has 1 fully saturated rings. The van der Waals surface area contributed by atoms with Crippen molar-refractivity contribution in [3.8, 4) is 0 Å². The van der Waals surface area contributed by atoms with Gasteiger partial charge in [-0.1, -0.05) is 18.2 Å². The van der Waals surface area contributed by atoms with Crippen LogP contribution in [0.2, 0.25) is 0 Å². The van der Waals surface area contributed by atoms with Crippen LogP contribution < -0.4 is 15.8 Å². The van der Waals surface area contributed by atoms with Crippen molar-refractivity contribution in [3.05, 3.63) is 65.9 Å². The number of carbonyl (C=O) groups is 2. The molecule has 11 nitrogen and oxygen atoms in total. The number of nitrogens with one attached hydrogen (secondary N) is 4. The Labute approximate surface area is 233 Å². The quantitative estimate of drug-likeness (QED) is 0.147. The van der Waals surface area contributed by atoms with Gasteiger partial charge in [-0.05, 0) is 61.1 Å². The van der Waals surface area contributed by atoms with Crippen LogP contribution in [0, 0.1) is 11.3 Å². The summed E-state index contributed by atoms with van der Waals surface area (Å²) in [5, 5.41) is 11.5. The van der Waals surface area contributed by atoms with Crippen LogP contribution in [0.4, 0.5) is 0 Å². The number of nitrogens with zero attached hydrogens (tertiary/aromatic N) is 1. The first-order chi connectivity index (χ1) is 18.2. The zero-order chi connectivity index (χ0) is 27.3. The molecule has 1 amide bonds. The van der Waals surface area contributed by atoms with Gasteiger partial charge >= 0.3 is 5.97 Å². The Balaban J connectivity index is 0.00000420. The number of esters is 1.